The fourth-order valence-corrected chi connectivity index (χ4v) is 2.69. The Morgan fingerprint density at radius 2 is 2.00 bits per heavy atom. The van der Waals surface area contributed by atoms with Crippen molar-refractivity contribution in [1.29, 1.82) is 0 Å². The molecule has 0 radical (unpaired) electrons. The van der Waals surface area contributed by atoms with Crippen molar-refractivity contribution in [2.75, 3.05) is 0 Å². The van der Waals surface area contributed by atoms with E-state index >= 15 is 0 Å². The van der Waals surface area contributed by atoms with Crippen LogP contribution in [0.3, 0.4) is 0 Å². The number of nitrogens with zero attached hydrogens (tertiary/aromatic N) is 1. The molecule has 1 aliphatic rings. The molecule has 1 aliphatic carbocycles. The van der Waals surface area contributed by atoms with Crippen molar-refractivity contribution in [2.45, 2.75) is 31.2 Å². The van der Waals surface area contributed by atoms with Gasteiger partial charge in [-0.15, -0.1) is 0 Å². The van der Waals surface area contributed by atoms with Gasteiger partial charge in [-0.25, -0.2) is 9.18 Å². The van der Waals surface area contributed by atoms with E-state index in [1.165, 1.54) is 6.08 Å². The number of isocyanates is 1. The molecular formula is C12H11ClFNO3. The van der Waals surface area contributed by atoms with Crippen LogP contribution in [0.2, 0.25) is 5.02 Å². The van der Waals surface area contributed by atoms with Crippen LogP contribution >= 0.6 is 11.6 Å². The Hall–Kier alpha value is -1.58. The summed E-state index contributed by atoms with van der Waals surface area (Å²) >= 11 is 5.65. The average molecular weight is 272 g/mol. The van der Waals surface area contributed by atoms with Gasteiger partial charge in [0.2, 0.25) is 6.08 Å². The molecule has 0 saturated heterocycles. The summed E-state index contributed by atoms with van der Waals surface area (Å²) in [6.07, 6.45) is 3.73. The summed E-state index contributed by atoms with van der Waals surface area (Å²) in [5, 5.41) is 19.0. The van der Waals surface area contributed by atoms with E-state index in [0.717, 1.165) is 18.9 Å². The maximum Gasteiger partial charge on any atom is 0.235 e. The van der Waals surface area contributed by atoms with Crippen LogP contribution in [0.25, 0.3) is 0 Å². The Balaban J connectivity index is 2.72. The minimum atomic E-state index is -1.17. The van der Waals surface area contributed by atoms with E-state index in [2.05, 4.69) is 4.99 Å². The van der Waals surface area contributed by atoms with Crippen molar-refractivity contribution < 1.29 is 19.4 Å². The van der Waals surface area contributed by atoms with E-state index in [9.17, 15) is 19.4 Å². The molecule has 2 rings (SSSR count). The molecule has 1 fully saturated rings. The first-order valence-corrected chi connectivity index (χ1v) is 5.89. The van der Waals surface area contributed by atoms with Crippen LogP contribution in [-0.4, -0.2) is 16.3 Å². The Bertz CT molecular complexity index is 508. The van der Waals surface area contributed by atoms with Gasteiger partial charge in [0.15, 0.2) is 17.3 Å². The van der Waals surface area contributed by atoms with Gasteiger partial charge >= 0.3 is 0 Å². The molecule has 1 aromatic carbocycles. The molecule has 0 heterocycles. The summed E-state index contributed by atoms with van der Waals surface area (Å²) in [6, 6.07) is 0.920. The second-order valence-corrected chi connectivity index (χ2v) is 4.76. The van der Waals surface area contributed by atoms with E-state index < -0.39 is 22.9 Å². The Morgan fingerprint density at radius 3 is 2.56 bits per heavy atom. The molecule has 0 aliphatic heterocycles. The largest absolute Gasteiger partial charge is 0.504 e. The van der Waals surface area contributed by atoms with E-state index in [1.54, 1.807) is 0 Å². The maximum atomic E-state index is 14.1. The van der Waals surface area contributed by atoms with Crippen LogP contribution in [0.1, 0.15) is 31.2 Å². The number of carbonyl (C=O) groups excluding carboxylic acids is 1. The zero-order valence-electron chi connectivity index (χ0n) is 9.41. The van der Waals surface area contributed by atoms with Crippen LogP contribution in [0.5, 0.6) is 11.5 Å². The number of hydrogen-bond donors (Lipinski definition) is 2. The Labute approximate surface area is 108 Å². The van der Waals surface area contributed by atoms with Gasteiger partial charge in [-0.2, -0.15) is 4.99 Å². The first-order valence-electron chi connectivity index (χ1n) is 5.51. The molecule has 4 nitrogen and oxygen atoms in total. The van der Waals surface area contributed by atoms with Crippen LogP contribution in [-0.2, 0) is 10.3 Å². The van der Waals surface area contributed by atoms with Crippen molar-refractivity contribution in [1.82, 2.24) is 0 Å². The zero-order valence-corrected chi connectivity index (χ0v) is 10.2. The molecule has 0 aromatic heterocycles. The highest BCUT2D eigenvalue weighted by Crippen LogP contribution is 2.50. The topological polar surface area (TPSA) is 69.9 Å². The smallest absolute Gasteiger partial charge is 0.235 e. The Kier molecular flexibility index (Phi) is 3.28. The van der Waals surface area contributed by atoms with E-state index in [4.69, 9.17) is 11.6 Å². The summed E-state index contributed by atoms with van der Waals surface area (Å²) in [5.74, 6) is -1.99. The van der Waals surface area contributed by atoms with Crippen LogP contribution in [0.4, 0.5) is 4.39 Å². The highest BCUT2D eigenvalue weighted by atomic mass is 35.5. The quantitative estimate of drug-likeness (QED) is 0.493. The molecule has 0 bridgehead atoms. The Morgan fingerprint density at radius 1 is 1.39 bits per heavy atom. The molecule has 0 spiro atoms. The van der Waals surface area contributed by atoms with Gasteiger partial charge in [-0.1, -0.05) is 24.4 Å². The molecule has 2 N–H and O–H groups in total. The number of halogens is 2. The van der Waals surface area contributed by atoms with Gasteiger partial charge in [0.05, 0.1) is 10.6 Å². The van der Waals surface area contributed by atoms with Crippen molar-refractivity contribution in [2.24, 2.45) is 4.99 Å². The number of phenolic OH excluding ortho intramolecular Hbond substituents is 2. The molecule has 1 aromatic rings. The van der Waals surface area contributed by atoms with Gasteiger partial charge in [0.25, 0.3) is 0 Å². The number of benzene rings is 1. The fraction of sp³-hybridized carbons (Fsp3) is 0.417. The van der Waals surface area contributed by atoms with E-state index in [1.807, 2.05) is 0 Å². The molecule has 1 saturated carbocycles. The predicted molar refractivity (Wildman–Crippen MR) is 63.0 cm³/mol. The van der Waals surface area contributed by atoms with Crippen molar-refractivity contribution >= 4 is 17.7 Å². The molecule has 18 heavy (non-hydrogen) atoms. The molecule has 0 atom stereocenters. The standard InChI is InChI=1S/C12H11ClFNO3/c13-7-5-8(17)11(18)9(10(7)14)12(15-6-16)3-1-2-4-12/h5,17-18H,1-4H2. The van der Waals surface area contributed by atoms with Gasteiger partial charge < -0.3 is 10.2 Å². The van der Waals surface area contributed by atoms with Gasteiger partial charge in [0, 0.05) is 6.07 Å². The van der Waals surface area contributed by atoms with Crippen molar-refractivity contribution in [3.63, 3.8) is 0 Å². The lowest BCUT2D eigenvalue weighted by Gasteiger charge is -2.25. The molecule has 0 amide bonds. The van der Waals surface area contributed by atoms with Gasteiger partial charge in [0.1, 0.15) is 5.54 Å². The number of phenols is 2. The SMILES string of the molecule is O=C=NC1(c2c(O)c(O)cc(Cl)c2F)CCCC1. The van der Waals surface area contributed by atoms with E-state index in [0.29, 0.717) is 12.8 Å². The minimum Gasteiger partial charge on any atom is -0.504 e. The molecule has 0 unspecified atom stereocenters. The molecular weight excluding hydrogens is 261 g/mol. The van der Waals surface area contributed by atoms with Crippen LogP contribution < -0.4 is 0 Å². The monoisotopic (exact) mass is 271 g/mol. The van der Waals surface area contributed by atoms with Crippen molar-refractivity contribution in [3.05, 3.63) is 22.5 Å². The number of rotatable bonds is 2. The van der Waals surface area contributed by atoms with E-state index in [-0.39, 0.29) is 10.6 Å². The average Bonchev–Trinajstić information content (AvgIpc) is 2.77. The summed E-state index contributed by atoms with van der Waals surface area (Å²) in [7, 11) is 0. The number of aromatic hydroxyl groups is 2. The fourth-order valence-electron chi connectivity index (χ4n) is 2.49. The lowest BCUT2D eigenvalue weighted by atomic mass is 9.87. The number of hydrogen-bond acceptors (Lipinski definition) is 4. The van der Waals surface area contributed by atoms with Gasteiger partial charge in [-0.3, -0.25) is 0 Å². The first kappa shape index (κ1) is 12.9. The third-order valence-electron chi connectivity index (χ3n) is 3.33. The summed E-state index contributed by atoms with van der Waals surface area (Å²) in [6.45, 7) is 0. The summed E-state index contributed by atoms with van der Waals surface area (Å²) < 4.78 is 14.1. The normalized spacial score (nSPS) is 17.4. The maximum absolute atomic E-state index is 14.1. The zero-order chi connectivity index (χ0) is 13.3. The lowest BCUT2D eigenvalue weighted by Crippen LogP contribution is -2.21. The van der Waals surface area contributed by atoms with Crippen LogP contribution in [0, 0.1) is 5.82 Å². The van der Waals surface area contributed by atoms with Gasteiger partial charge in [-0.05, 0) is 12.8 Å². The van der Waals surface area contributed by atoms with Crippen molar-refractivity contribution in [3.8, 4) is 11.5 Å². The predicted octanol–water partition coefficient (Wildman–Crippen LogP) is 3.00. The number of aliphatic imine (C=N–C) groups is 1. The third kappa shape index (κ3) is 1.85. The summed E-state index contributed by atoms with van der Waals surface area (Å²) in [4.78, 5) is 14.2. The third-order valence-corrected chi connectivity index (χ3v) is 3.60. The lowest BCUT2D eigenvalue weighted by molar-refractivity contribution is 0.360. The highest BCUT2D eigenvalue weighted by Gasteiger charge is 2.41. The second-order valence-electron chi connectivity index (χ2n) is 4.36. The first-order chi connectivity index (χ1) is 8.52. The second kappa shape index (κ2) is 4.59. The minimum absolute atomic E-state index is 0.214. The highest BCUT2D eigenvalue weighted by molar-refractivity contribution is 6.31. The van der Waals surface area contributed by atoms with Crippen LogP contribution in [0.15, 0.2) is 11.1 Å². The summed E-state index contributed by atoms with van der Waals surface area (Å²) in [5.41, 5.74) is -1.38. The molecule has 96 valence electrons. The molecule has 6 heteroatoms.